The summed E-state index contributed by atoms with van der Waals surface area (Å²) in [5.74, 6) is 1.09. The lowest BCUT2D eigenvalue weighted by Gasteiger charge is -2.25. The van der Waals surface area contributed by atoms with Crippen LogP contribution in [0.25, 0.3) is 0 Å². The predicted octanol–water partition coefficient (Wildman–Crippen LogP) is 0.620. The highest BCUT2D eigenvalue weighted by Crippen LogP contribution is 2.31. The molecule has 0 bridgehead atoms. The van der Waals surface area contributed by atoms with Crippen molar-refractivity contribution in [3.05, 3.63) is 0 Å². The van der Waals surface area contributed by atoms with Gasteiger partial charge in [0.2, 0.25) is 11.8 Å². The Morgan fingerprint density at radius 1 is 1.12 bits per heavy atom. The molecule has 88 valence electrons. The molecule has 2 aliphatic heterocycles. The SMILES string of the molecule is O=C1C2CCCN2C(=O)CCN1CC1CC1. The highest BCUT2D eigenvalue weighted by atomic mass is 16.2. The summed E-state index contributed by atoms with van der Waals surface area (Å²) in [6.07, 6.45) is 4.89. The molecule has 0 spiro atoms. The molecule has 3 fully saturated rings. The molecule has 1 aliphatic carbocycles. The molecule has 4 nitrogen and oxygen atoms in total. The molecule has 2 saturated heterocycles. The molecule has 1 atom stereocenters. The second-order valence-electron chi connectivity index (χ2n) is 5.22. The third kappa shape index (κ3) is 1.70. The van der Waals surface area contributed by atoms with Gasteiger partial charge < -0.3 is 9.80 Å². The summed E-state index contributed by atoms with van der Waals surface area (Å²) in [6, 6.07) is -0.131. The van der Waals surface area contributed by atoms with Crippen molar-refractivity contribution in [2.75, 3.05) is 19.6 Å². The van der Waals surface area contributed by atoms with Crippen molar-refractivity contribution < 1.29 is 9.59 Å². The molecule has 2 amide bonds. The Labute approximate surface area is 95.6 Å². The van der Waals surface area contributed by atoms with Crippen LogP contribution in [0, 0.1) is 5.92 Å². The van der Waals surface area contributed by atoms with Gasteiger partial charge in [-0.2, -0.15) is 0 Å². The maximum atomic E-state index is 12.3. The zero-order valence-corrected chi connectivity index (χ0v) is 9.52. The van der Waals surface area contributed by atoms with E-state index >= 15 is 0 Å². The van der Waals surface area contributed by atoms with Crippen molar-refractivity contribution in [2.24, 2.45) is 5.92 Å². The van der Waals surface area contributed by atoms with Crippen LogP contribution in [0.15, 0.2) is 0 Å². The number of hydrogen-bond donors (Lipinski definition) is 0. The van der Waals surface area contributed by atoms with Crippen molar-refractivity contribution in [1.29, 1.82) is 0 Å². The number of nitrogens with zero attached hydrogens (tertiary/aromatic N) is 2. The largest absolute Gasteiger partial charge is 0.340 e. The third-order valence-corrected chi connectivity index (χ3v) is 3.94. The standard InChI is InChI=1S/C12H18N2O2/c15-11-5-7-13(8-9-3-4-9)12(16)10-2-1-6-14(10)11/h9-10H,1-8H2. The van der Waals surface area contributed by atoms with E-state index in [2.05, 4.69) is 0 Å². The van der Waals surface area contributed by atoms with E-state index in [4.69, 9.17) is 0 Å². The number of carbonyl (C=O) groups excluding carboxylic acids is 2. The van der Waals surface area contributed by atoms with Gasteiger partial charge in [0.25, 0.3) is 0 Å². The molecule has 3 aliphatic rings. The second kappa shape index (κ2) is 3.75. The monoisotopic (exact) mass is 222 g/mol. The van der Waals surface area contributed by atoms with Crippen molar-refractivity contribution >= 4 is 11.8 Å². The fraction of sp³-hybridized carbons (Fsp3) is 0.833. The maximum Gasteiger partial charge on any atom is 0.245 e. The Balaban J connectivity index is 1.76. The van der Waals surface area contributed by atoms with Gasteiger partial charge in [-0.3, -0.25) is 9.59 Å². The van der Waals surface area contributed by atoms with Crippen molar-refractivity contribution in [3.63, 3.8) is 0 Å². The molecule has 16 heavy (non-hydrogen) atoms. The second-order valence-corrected chi connectivity index (χ2v) is 5.22. The van der Waals surface area contributed by atoms with Gasteiger partial charge in [0.05, 0.1) is 0 Å². The first-order valence-corrected chi connectivity index (χ1v) is 6.34. The summed E-state index contributed by atoms with van der Waals surface area (Å²) in [6.45, 7) is 2.31. The van der Waals surface area contributed by atoms with Gasteiger partial charge in [-0.1, -0.05) is 0 Å². The molecule has 0 aromatic rings. The lowest BCUT2D eigenvalue weighted by molar-refractivity contribution is -0.139. The van der Waals surface area contributed by atoms with Crippen LogP contribution in [0.2, 0.25) is 0 Å². The van der Waals surface area contributed by atoms with E-state index in [1.165, 1.54) is 12.8 Å². The molecule has 1 unspecified atom stereocenters. The van der Waals surface area contributed by atoms with Crippen molar-refractivity contribution in [3.8, 4) is 0 Å². The van der Waals surface area contributed by atoms with Crippen LogP contribution >= 0.6 is 0 Å². The van der Waals surface area contributed by atoms with Crippen LogP contribution in [-0.2, 0) is 9.59 Å². The molecule has 0 radical (unpaired) electrons. The Hall–Kier alpha value is -1.06. The number of rotatable bonds is 2. The normalized spacial score (nSPS) is 30.6. The van der Waals surface area contributed by atoms with Gasteiger partial charge in [0.15, 0.2) is 0 Å². The summed E-state index contributed by atoms with van der Waals surface area (Å²) < 4.78 is 0. The molecule has 4 heteroatoms. The van der Waals surface area contributed by atoms with E-state index in [9.17, 15) is 9.59 Å². The Bertz CT molecular complexity index is 325. The summed E-state index contributed by atoms with van der Waals surface area (Å²) in [5, 5.41) is 0. The Kier molecular flexibility index (Phi) is 2.37. The van der Waals surface area contributed by atoms with Crippen molar-refractivity contribution in [1.82, 2.24) is 9.80 Å². The summed E-state index contributed by atoms with van der Waals surface area (Å²) in [7, 11) is 0. The van der Waals surface area contributed by atoms with Crippen LogP contribution in [0.4, 0.5) is 0 Å². The molecule has 0 aromatic carbocycles. The summed E-state index contributed by atoms with van der Waals surface area (Å²) in [4.78, 5) is 27.8. The number of hydrogen-bond acceptors (Lipinski definition) is 2. The molecule has 3 rings (SSSR count). The number of carbonyl (C=O) groups is 2. The van der Waals surface area contributed by atoms with E-state index in [0.29, 0.717) is 18.9 Å². The first-order chi connectivity index (χ1) is 7.75. The zero-order valence-electron chi connectivity index (χ0n) is 9.52. The molecule has 0 N–H and O–H groups in total. The fourth-order valence-electron chi connectivity index (χ4n) is 2.81. The first kappa shape index (κ1) is 10.1. The number of amides is 2. The molecular weight excluding hydrogens is 204 g/mol. The van der Waals surface area contributed by atoms with Crippen LogP contribution < -0.4 is 0 Å². The highest BCUT2D eigenvalue weighted by Gasteiger charge is 2.40. The average Bonchev–Trinajstić information content (AvgIpc) is 2.96. The van der Waals surface area contributed by atoms with Gasteiger partial charge in [0, 0.05) is 26.1 Å². The van der Waals surface area contributed by atoms with E-state index in [1.807, 2.05) is 4.90 Å². The zero-order chi connectivity index (χ0) is 11.1. The minimum atomic E-state index is -0.131. The summed E-state index contributed by atoms with van der Waals surface area (Å²) >= 11 is 0. The Morgan fingerprint density at radius 3 is 2.69 bits per heavy atom. The van der Waals surface area contributed by atoms with Crippen molar-refractivity contribution in [2.45, 2.75) is 38.1 Å². The Morgan fingerprint density at radius 2 is 1.94 bits per heavy atom. The summed E-state index contributed by atoms with van der Waals surface area (Å²) in [5.41, 5.74) is 0. The van der Waals surface area contributed by atoms with E-state index < -0.39 is 0 Å². The molecular formula is C12H18N2O2. The smallest absolute Gasteiger partial charge is 0.245 e. The van der Waals surface area contributed by atoms with Gasteiger partial charge in [-0.05, 0) is 31.6 Å². The lowest BCUT2D eigenvalue weighted by Crippen LogP contribution is -2.44. The maximum absolute atomic E-state index is 12.3. The van der Waals surface area contributed by atoms with E-state index in [-0.39, 0.29) is 17.9 Å². The lowest BCUT2D eigenvalue weighted by atomic mass is 10.2. The van der Waals surface area contributed by atoms with Crippen LogP contribution in [0.5, 0.6) is 0 Å². The van der Waals surface area contributed by atoms with Gasteiger partial charge in [-0.15, -0.1) is 0 Å². The van der Waals surface area contributed by atoms with Gasteiger partial charge in [-0.25, -0.2) is 0 Å². The van der Waals surface area contributed by atoms with Crippen LogP contribution in [0.1, 0.15) is 32.1 Å². The van der Waals surface area contributed by atoms with Crippen LogP contribution in [-0.4, -0.2) is 47.3 Å². The minimum Gasteiger partial charge on any atom is -0.340 e. The molecule has 1 saturated carbocycles. The third-order valence-electron chi connectivity index (χ3n) is 3.94. The highest BCUT2D eigenvalue weighted by molar-refractivity contribution is 5.90. The minimum absolute atomic E-state index is 0.131. The van der Waals surface area contributed by atoms with E-state index in [1.54, 1.807) is 4.90 Å². The first-order valence-electron chi connectivity index (χ1n) is 6.34. The van der Waals surface area contributed by atoms with E-state index in [0.717, 1.165) is 25.9 Å². The van der Waals surface area contributed by atoms with Gasteiger partial charge >= 0.3 is 0 Å². The predicted molar refractivity (Wildman–Crippen MR) is 58.7 cm³/mol. The number of fused-ring (bicyclic) bond motifs is 1. The topological polar surface area (TPSA) is 40.6 Å². The average molecular weight is 222 g/mol. The molecule has 2 heterocycles. The fourth-order valence-corrected chi connectivity index (χ4v) is 2.81. The van der Waals surface area contributed by atoms with Gasteiger partial charge in [0.1, 0.15) is 6.04 Å². The molecule has 0 aromatic heterocycles. The quantitative estimate of drug-likeness (QED) is 0.687. The van der Waals surface area contributed by atoms with Crippen LogP contribution in [0.3, 0.4) is 0 Å².